The molecule has 2 aromatic rings. The van der Waals surface area contributed by atoms with Crippen LogP contribution in [0.25, 0.3) is 0 Å². The molecule has 0 amide bonds. The van der Waals surface area contributed by atoms with Crippen molar-refractivity contribution in [3.05, 3.63) is 50.9 Å². The van der Waals surface area contributed by atoms with Gasteiger partial charge in [-0.05, 0) is 41.5 Å². The Labute approximate surface area is 116 Å². The molecule has 0 fully saturated rings. The Morgan fingerprint density at radius 3 is 2.94 bits per heavy atom. The number of hydrazine groups is 1. The normalized spacial score (nSPS) is 12.6. The molecule has 2 heterocycles. The Hall–Kier alpha value is -0.940. The number of nitrogens with zero attached hydrogens (tertiary/aromatic N) is 1. The zero-order valence-corrected chi connectivity index (χ0v) is 11.8. The molecule has 3 nitrogen and oxygen atoms in total. The van der Waals surface area contributed by atoms with E-state index in [4.69, 9.17) is 17.4 Å². The number of rotatable bonds is 5. The summed E-state index contributed by atoms with van der Waals surface area (Å²) < 4.78 is 0. The van der Waals surface area contributed by atoms with Crippen LogP contribution in [0.1, 0.15) is 29.0 Å². The Morgan fingerprint density at radius 1 is 1.44 bits per heavy atom. The summed E-state index contributed by atoms with van der Waals surface area (Å²) in [4.78, 5) is 5.28. The van der Waals surface area contributed by atoms with E-state index in [-0.39, 0.29) is 6.04 Å². The van der Waals surface area contributed by atoms with Crippen LogP contribution in [-0.2, 0) is 12.8 Å². The molecule has 0 spiro atoms. The summed E-state index contributed by atoms with van der Waals surface area (Å²) in [6.45, 7) is 2.15. The molecule has 3 N–H and O–H groups in total. The molecule has 1 unspecified atom stereocenters. The van der Waals surface area contributed by atoms with Gasteiger partial charge in [0, 0.05) is 17.3 Å². The highest BCUT2D eigenvalue weighted by atomic mass is 35.5. The Bertz CT molecular complexity index is 512. The average molecular weight is 282 g/mol. The Kier molecular flexibility index (Phi) is 4.72. The second-order valence-electron chi connectivity index (χ2n) is 4.05. The molecule has 0 aromatic carbocycles. The van der Waals surface area contributed by atoms with Crippen LogP contribution in [0.15, 0.2) is 29.9 Å². The van der Waals surface area contributed by atoms with Crippen molar-refractivity contribution >= 4 is 22.9 Å². The minimum absolute atomic E-state index is 0.0971. The number of halogens is 1. The molecule has 0 aliphatic rings. The van der Waals surface area contributed by atoms with E-state index in [0.717, 1.165) is 18.4 Å². The highest BCUT2D eigenvalue weighted by Crippen LogP contribution is 2.28. The molecule has 2 aromatic heterocycles. The van der Waals surface area contributed by atoms with Gasteiger partial charge < -0.3 is 0 Å². The molecule has 0 bridgehead atoms. The van der Waals surface area contributed by atoms with Crippen LogP contribution in [0.5, 0.6) is 0 Å². The van der Waals surface area contributed by atoms with E-state index < -0.39 is 0 Å². The molecular formula is C13H16ClN3S. The summed E-state index contributed by atoms with van der Waals surface area (Å²) in [6, 6.07) is 4.18. The summed E-state index contributed by atoms with van der Waals surface area (Å²) in [7, 11) is 0. The highest BCUT2D eigenvalue weighted by Gasteiger charge is 2.16. The van der Waals surface area contributed by atoms with E-state index in [9.17, 15) is 0 Å². The van der Waals surface area contributed by atoms with E-state index in [1.807, 2.05) is 6.07 Å². The Morgan fingerprint density at radius 2 is 2.28 bits per heavy atom. The van der Waals surface area contributed by atoms with Crippen molar-refractivity contribution < 1.29 is 0 Å². The molecule has 5 heteroatoms. The number of nitrogens with one attached hydrogen (secondary N) is 1. The van der Waals surface area contributed by atoms with Crippen LogP contribution >= 0.6 is 22.9 Å². The fourth-order valence-electron chi connectivity index (χ4n) is 1.96. The van der Waals surface area contributed by atoms with Gasteiger partial charge in [0.25, 0.3) is 0 Å². The predicted octanol–water partition coefficient (Wildman–Crippen LogP) is 3.11. The lowest BCUT2D eigenvalue weighted by Crippen LogP contribution is -2.29. The minimum Gasteiger partial charge on any atom is -0.271 e. The standard InChI is InChI=1S/C13H16ClN3S/c1-2-9-4-6-18-13(9)12(17-15)7-10-3-5-16-8-11(10)14/h3-6,8,12,17H,2,7,15H2,1H3. The molecule has 2 rings (SSSR count). The maximum Gasteiger partial charge on any atom is 0.0622 e. The molecule has 0 saturated carbocycles. The number of thiophene rings is 1. The van der Waals surface area contributed by atoms with E-state index in [2.05, 4.69) is 28.8 Å². The molecule has 0 saturated heterocycles. The van der Waals surface area contributed by atoms with Gasteiger partial charge in [-0.15, -0.1) is 11.3 Å². The van der Waals surface area contributed by atoms with E-state index in [0.29, 0.717) is 5.02 Å². The van der Waals surface area contributed by atoms with Crippen LogP contribution in [-0.4, -0.2) is 4.98 Å². The molecule has 0 aliphatic carbocycles. The van der Waals surface area contributed by atoms with Gasteiger partial charge >= 0.3 is 0 Å². The van der Waals surface area contributed by atoms with Crippen LogP contribution in [0.3, 0.4) is 0 Å². The number of aromatic nitrogens is 1. The summed E-state index contributed by atoms with van der Waals surface area (Å²) in [5.74, 6) is 5.68. The van der Waals surface area contributed by atoms with Gasteiger partial charge in [0.1, 0.15) is 0 Å². The van der Waals surface area contributed by atoms with E-state index in [1.54, 1.807) is 23.7 Å². The van der Waals surface area contributed by atoms with Crippen molar-refractivity contribution in [1.29, 1.82) is 0 Å². The third kappa shape index (κ3) is 2.90. The van der Waals surface area contributed by atoms with E-state index in [1.165, 1.54) is 10.4 Å². The van der Waals surface area contributed by atoms with Crippen LogP contribution in [0.4, 0.5) is 0 Å². The first-order valence-electron chi connectivity index (χ1n) is 5.87. The van der Waals surface area contributed by atoms with Gasteiger partial charge in [0.2, 0.25) is 0 Å². The monoisotopic (exact) mass is 281 g/mol. The van der Waals surface area contributed by atoms with Crippen molar-refractivity contribution in [2.45, 2.75) is 25.8 Å². The highest BCUT2D eigenvalue weighted by molar-refractivity contribution is 7.10. The largest absolute Gasteiger partial charge is 0.271 e. The summed E-state index contributed by atoms with van der Waals surface area (Å²) in [6.07, 6.45) is 5.20. The molecular weight excluding hydrogens is 266 g/mol. The SMILES string of the molecule is CCc1ccsc1C(Cc1ccncc1Cl)NN. The second kappa shape index (κ2) is 6.29. The third-order valence-corrected chi connectivity index (χ3v) is 4.37. The zero-order valence-electron chi connectivity index (χ0n) is 10.2. The second-order valence-corrected chi connectivity index (χ2v) is 5.41. The average Bonchev–Trinajstić information content (AvgIpc) is 2.86. The van der Waals surface area contributed by atoms with Gasteiger partial charge in [0.05, 0.1) is 11.1 Å². The van der Waals surface area contributed by atoms with Crippen LogP contribution in [0, 0.1) is 0 Å². The van der Waals surface area contributed by atoms with Gasteiger partial charge in [-0.25, -0.2) is 0 Å². The Balaban J connectivity index is 2.23. The fourth-order valence-corrected chi connectivity index (χ4v) is 3.22. The van der Waals surface area contributed by atoms with Crippen molar-refractivity contribution in [3.8, 4) is 0 Å². The van der Waals surface area contributed by atoms with Crippen molar-refractivity contribution in [1.82, 2.24) is 10.4 Å². The third-order valence-electron chi connectivity index (χ3n) is 2.96. The van der Waals surface area contributed by atoms with Crippen molar-refractivity contribution in [2.75, 3.05) is 0 Å². The van der Waals surface area contributed by atoms with Gasteiger partial charge in [-0.1, -0.05) is 18.5 Å². The maximum absolute atomic E-state index is 6.13. The zero-order chi connectivity index (χ0) is 13.0. The molecule has 18 heavy (non-hydrogen) atoms. The molecule has 0 aliphatic heterocycles. The molecule has 1 atom stereocenters. The molecule has 0 radical (unpaired) electrons. The quantitative estimate of drug-likeness (QED) is 0.654. The smallest absolute Gasteiger partial charge is 0.0622 e. The first-order chi connectivity index (χ1) is 8.76. The van der Waals surface area contributed by atoms with Crippen LogP contribution in [0.2, 0.25) is 5.02 Å². The first kappa shape index (κ1) is 13.5. The summed E-state index contributed by atoms with van der Waals surface area (Å²) >= 11 is 7.86. The first-order valence-corrected chi connectivity index (χ1v) is 7.12. The lowest BCUT2D eigenvalue weighted by Gasteiger charge is -2.17. The number of pyridine rings is 1. The van der Waals surface area contributed by atoms with Crippen LogP contribution < -0.4 is 11.3 Å². The van der Waals surface area contributed by atoms with Crippen molar-refractivity contribution in [3.63, 3.8) is 0 Å². The van der Waals surface area contributed by atoms with E-state index >= 15 is 0 Å². The van der Waals surface area contributed by atoms with Gasteiger partial charge in [-0.2, -0.15) is 0 Å². The topological polar surface area (TPSA) is 50.9 Å². The number of hydrogen-bond acceptors (Lipinski definition) is 4. The van der Waals surface area contributed by atoms with Gasteiger partial charge in [-0.3, -0.25) is 16.3 Å². The number of aryl methyl sites for hydroxylation is 1. The summed E-state index contributed by atoms with van der Waals surface area (Å²) in [5, 5.41) is 2.79. The number of hydrogen-bond donors (Lipinski definition) is 2. The van der Waals surface area contributed by atoms with Gasteiger partial charge in [0.15, 0.2) is 0 Å². The molecule has 96 valence electrons. The summed E-state index contributed by atoms with van der Waals surface area (Å²) in [5.41, 5.74) is 5.29. The lowest BCUT2D eigenvalue weighted by molar-refractivity contribution is 0.557. The maximum atomic E-state index is 6.13. The lowest BCUT2D eigenvalue weighted by atomic mass is 10.0. The fraction of sp³-hybridized carbons (Fsp3) is 0.308. The predicted molar refractivity (Wildman–Crippen MR) is 76.7 cm³/mol. The van der Waals surface area contributed by atoms with Crippen molar-refractivity contribution in [2.24, 2.45) is 5.84 Å². The minimum atomic E-state index is 0.0971. The number of nitrogens with two attached hydrogens (primary N) is 1.